The molecule has 1 aliphatic rings. The molecule has 0 bridgehead atoms. The molecule has 0 radical (unpaired) electrons. The molecule has 2 rings (SSSR count). The second-order valence-electron chi connectivity index (χ2n) is 6.84. The summed E-state index contributed by atoms with van der Waals surface area (Å²) in [5.74, 6) is 1.11. The quantitative estimate of drug-likeness (QED) is 0.615. The van der Waals surface area contributed by atoms with E-state index in [4.69, 9.17) is 4.74 Å². The lowest BCUT2D eigenvalue weighted by atomic mass is 10.0. The first-order valence-corrected chi connectivity index (χ1v) is 8.49. The molecule has 0 saturated heterocycles. The minimum atomic E-state index is 0.195. The summed E-state index contributed by atoms with van der Waals surface area (Å²) in [7, 11) is 0. The molecule has 1 aromatic rings. The first-order chi connectivity index (χ1) is 9.85. The van der Waals surface area contributed by atoms with Gasteiger partial charge in [-0.1, -0.05) is 27.6 Å². The number of ether oxygens (including phenoxy) is 1. The van der Waals surface area contributed by atoms with Crippen molar-refractivity contribution in [3.63, 3.8) is 0 Å². The van der Waals surface area contributed by atoms with Gasteiger partial charge in [-0.15, -0.1) is 0 Å². The number of benzene rings is 1. The zero-order valence-corrected chi connectivity index (χ0v) is 15.1. The molecular formula is C18H26BrNO. The van der Waals surface area contributed by atoms with Gasteiger partial charge in [0.05, 0.1) is 6.61 Å². The van der Waals surface area contributed by atoms with Crippen molar-refractivity contribution in [2.75, 3.05) is 13.2 Å². The van der Waals surface area contributed by atoms with Crippen molar-refractivity contribution >= 4 is 15.9 Å². The van der Waals surface area contributed by atoms with Crippen molar-refractivity contribution in [3.05, 3.63) is 39.4 Å². The van der Waals surface area contributed by atoms with Gasteiger partial charge in [0, 0.05) is 16.4 Å². The Labute approximate surface area is 137 Å². The van der Waals surface area contributed by atoms with E-state index in [1.54, 1.807) is 0 Å². The lowest BCUT2D eigenvalue weighted by molar-refractivity contribution is 0.354. The third-order valence-corrected chi connectivity index (χ3v) is 4.04. The molecule has 2 nitrogen and oxygen atoms in total. The highest BCUT2D eigenvalue weighted by Crippen LogP contribution is 2.34. The standard InChI is InChI=1S/C18H26BrNO/c1-13(6-5-8-20-18(2,3)4)10-15-12-16(19)11-14-7-9-21-17(14)15/h6,11-12,20H,5,7-10H2,1-4H3/b13-6-. The van der Waals surface area contributed by atoms with Crippen molar-refractivity contribution in [2.24, 2.45) is 0 Å². The summed E-state index contributed by atoms with van der Waals surface area (Å²) in [5, 5.41) is 3.52. The SMILES string of the molecule is C/C(=C/CCNC(C)(C)C)Cc1cc(Br)cc2c1OCC2. The van der Waals surface area contributed by atoms with Crippen LogP contribution in [-0.2, 0) is 12.8 Å². The molecule has 21 heavy (non-hydrogen) atoms. The maximum absolute atomic E-state index is 5.80. The Morgan fingerprint density at radius 1 is 1.38 bits per heavy atom. The molecular weight excluding hydrogens is 326 g/mol. The summed E-state index contributed by atoms with van der Waals surface area (Å²) in [6, 6.07) is 4.37. The zero-order chi connectivity index (χ0) is 15.5. The van der Waals surface area contributed by atoms with Gasteiger partial charge in [-0.2, -0.15) is 0 Å². The van der Waals surface area contributed by atoms with Crippen LogP contribution in [0.25, 0.3) is 0 Å². The van der Waals surface area contributed by atoms with Crippen molar-refractivity contribution < 1.29 is 4.74 Å². The number of halogens is 1. The maximum atomic E-state index is 5.80. The maximum Gasteiger partial charge on any atom is 0.126 e. The monoisotopic (exact) mass is 351 g/mol. The number of allylic oxidation sites excluding steroid dienone is 1. The molecule has 0 aromatic heterocycles. The van der Waals surface area contributed by atoms with Gasteiger partial charge in [-0.3, -0.25) is 0 Å². The molecule has 1 N–H and O–H groups in total. The molecule has 0 spiro atoms. The van der Waals surface area contributed by atoms with Gasteiger partial charge in [0.25, 0.3) is 0 Å². The summed E-state index contributed by atoms with van der Waals surface area (Å²) in [4.78, 5) is 0. The molecule has 3 heteroatoms. The van der Waals surface area contributed by atoms with Gasteiger partial charge in [-0.25, -0.2) is 0 Å². The summed E-state index contributed by atoms with van der Waals surface area (Å²) < 4.78 is 6.95. The van der Waals surface area contributed by atoms with Crippen molar-refractivity contribution in [2.45, 2.75) is 52.5 Å². The van der Waals surface area contributed by atoms with Gasteiger partial charge in [0.1, 0.15) is 5.75 Å². The molecule has 116 valence electrons. The number of hydrogen-bond acceptors (Lipinski definition) is 2. The van der Waals surface area contributed by atoms with Gasteiger partial charge >= 0.3 is 0 Å². The molecule has 0 atom stereocenters. The smallest absolute Gasteiger partial charge is 0.126 e. The van der Waals surface area contributed by atoms with Gasteiger partial charge in [-0.05, 0) is 70.3 Å². The van der Waals surface area contributed by atoms with Crippen molar-refractivity contribution in [1.82, 2.24) is 5.32 Å². The predicted molar refractivity (Wildman–Crippen MR) is 93.2 cm³/mol. The van der Waals surface area contributed by atoms with Crippen LogP contribution >= 0.6 is 15.9 Å². The molecule has 0 aliphatic carbocycles. The Morgan fingerprint density at radius 2 is 2.14 bits per heavy atom. The zero-order valence-electron chi connectivity index (χ0n) is 13.6. The van der Waals surface area contributed by atoms with E-state index in [1.807, 2.05) is 0 Å². The molecule has 1 aliphatic heterocycles. The van der Waals surface area contributed by atoms with Crippen LogP contribution in [0.2, 0.25) is 0 Å². The lowest BCUT2D eigenvalue weighted by Crippen LogP contribution is -2.36. The van der Waals surface area contributed by atoms with E-state index in [9.17, 15) is 0 Å². The number of fused-ring (bicyclic) bond motifs is 1. The van der Waals surface area contributed by atoms with E-state index in [-0.39, 0.29) is 5.54 Å². The van der Waals surface area contributed by atoms with Crippen LogP contribution in [0, 0.1) is 0 Å². The van der Waals surface area contributed by atoms with Crippen LogP contribution in [0.1, 0.15) is 45.2 Å². The summed E-state index contributed by atoms with van der Waals surface area (Å²) >= 11 is 3.61. The summed E-state index contributed by atoms with van der Waals surface area (Å²) in [5.41, 5.74) is 4.23. The van der Waals surface area contributed by atoms with Gasteiger partial charge in [0.2, 0.25) is 0 Å². The molecule has 0 saturated carbocycles. The third-order valence-electron chi connectivity index (χ3n) is 3.59. The Morgan fingerprint density at radius 3 is 2.86 bits per heavy atom. The molecule has 0 unspecified atom stereocenters. The summed E-state index contributed by atoms with van der Waals surface area (Å²) in [6.45, 7) is 10.6. The normalized spacial score (nSPS) is 15.0. The average Bonchev–Trinajstić information content (AvgIpc) is 2.81. The summed E-state index contributed by atoms with van der Waals surface area (Å²) in [6.07, 6.45) is 5.40. The fourth-order valence-electron chi connectivity index (χ4n) is 2.62. The van der Waals surface area contributed by atoms with Crippen LogP contribution in [-0.4, -0.2) is 18.7 Å². The van der Waals surface area contributed by atoms with Crippen LogP contribution in [0.3, 0.4) is 0 Å². The van der Waals surface area contributed by atoms with Gasteiger partial charge < -0.3 is 10.1 Å². The average molecular weight is 352 g/mol. The predicted octanol–water partition coefficient (Wildman–Crippen LogP) is 4.65. The van der Waals surface area contributed by atoms with Crippen LogP contribution in [0.15, 0.2) is 28.3 Å². The highest BCUT2D eigenvalue weighted by atomic mass is 79.9. The van der Waals surface area contributed by atoms with Crippen LogP contribution in [0.4, 0.5) is 0 Å². The lowest BCUT2D eigenvalue weighted by Gasteiger charge is -2.19. The van der Waals surface area contributed by atoms with E-state index < -0.39 is 0 Å². The largest absolute Gasteiger partial charge is 0.493 e. The first-order valence-electron chi connectivity index (χ1n) is 7.70. The Balaban J connectivity index is 1.95. The van der Waals surface area contributed by atoms with E-state index in [2.05, 4.69) is 67.2 Å². The van der Waals surface area contributed by atoms with E-state index >= 15 is 0 Å². The third kappa shape index (κ3) is 5.15. The van der Waals surface area contributed by atoms with E-state index in [0.717, 1.165) is 42.6 Å². The second-order valence-corrected chi connectivity index (χ2v) is 7.76. The highest BCUT2D eigenvalue weighted by Gasteiger charge is 2.17. The topological polar surface area (TPSA) is 21.3 Å². The molecule has 0 amide bonds. The minimum absolute atomic E-state index is 0.195. The molecule has 0 fully saturated rings. The van der Waals surface area contributed by atoms with Crippen molar-refractivity contribution in [1.29, 1.82) is 0 Å². The van der Waals surface area contributed by atoms with Gasteiger partial charge in [0.15, 0.2) is 0 Å². The van der Waals surface area contributed by atoms with Crippen LogP contribution in [0.5, 0.6) is 5.75 Å². The van der Waals surface area contributed by atoms with E-state index in [0.29, 0.717) is 0 Å². The first kappa shape index (κ1) is 16.6. The molecule has 1 aromatic carbocycles. The molecule has 1 heterocycles. The fraction of sp³-hybridized carbons (Fsp3) is 0.556. The Kier molecular flexibility index (Phi) is 5.50. The Hall–Kier alpha value is -0.800. The number of hydrogen-bond donors (Lipinski definition) is 1. The van der Waals surface area contributed by atoms with Crippen LogP contribution < -0.4 is 10.1 Å². The minimum Gasteiger partial charge on any atom is -0.493 e. The Bertz CT molecular complexity index is 529. The fourth-order valence-corrected chi connectivity index (χ4v) is 3.17. The number of nitrogens with one attached hydrogen (secondary N) is 1. The highest BCUT2D eigenvalue weighted by molar-refractivity contribution is 9.10. The second kappa shape index (κ2) is 6.97. The number of rotatable bonds is 5. The van der Waals surface area contributed by atoms with E-state index in [1.165, 1.54) is 16.7 Å². The van der Waals surface area contributed by atoms with Crippen molar-refractivity contribution in [3.8, 4) is 5.75 Å².